The Morgan fingerprint density at radius 3 is 2.47 bits per heavy atom. The van der Waals surface area contributed by atoms with E-state index in [1.54, 1.807) is 35.3 Å². The molecule has 0 atom stereocenters. The SMILES string of the molecule is O=C(CNC(=O)c1cccc(Br)c1)NCc1cn(-c2ccccc2)nc1-c1ccncc1. The van der Waals surface area contributed by atoms with Gasteiger partial charge in [-0.2, -0.15) is 5.10 Å². The van der Waals surface area contributed by atoms with Crippen molar-refractivity contribution in [2.75, 3.05) is 6.54 Å². The van der Waals surface area contributed by atoms with Crippen LogP contribution < -0.4 is 10.6 Å². The monoisotopic (exact) mass is 489 g/mol. The van der Waals surface area contributed by atoms with Gasteiger partial charge in [0.25, 0.3) is 5.91 Å². The molecule has 0 unspecified atom stereocenters. The van der Waals surface area contributed by atoms with Crippen LogP contribution in [-0.2, 0) is 11.3 Å². The number of hydrogen-bond acceptors (Lipinski definition) is 4. The maximum Gasteiger partial charge on any atom is 0.251 e. The van der Waals surface area contributed by atoms with E-state index < -0.39 is 0 Å². The van der Waals surface area contributed by atoms with Crippen LogP contribution in [0.25, 0.3) is 16.9 Å². The normalized spacial score (nSPS) is 10.5. The van der Waals surface area contributed by atoms with E-state index >= 15 is 0 Å². The fourth-order valence-electron chi connectivity index (χ4n) is 3.15. The molecule has 2 amide bonds. The molecule has 0 fully saturated rings. The van der Waals surface area contributed by atoms with Crippen molar-refractivity contribution in [3.05, 3.63) is 101 Å². The molecule has 160 valence electrons. The molecule has 0 saturated carbocycles. The van der Waals surface area contributed by atoms with Crippen molar-refractivity contribution in [3.63, 3.8) is 0 Å². The molecule has 0 spiro atoms. The van der Waals surface area contributed by atoms with Crippen molar-refractivity contribution >= 4 is 27.7 Å². The summed E-state index contributed by atoms with van der Waals surface area (Å²) >= 11 is 3.33. The van der Waals surface area contributed by atoms with Crippen LogP contribution in [0.2, 0.25) is 0 Å². The van der Waals surface area contributed by atoms with Gasteiger partial charge in [0.1, 0.15) is 0 Å². The summed E-state index contributed by atoms with van der Waals surface area (Å²) in [6.07, 6.45) is 5.30. The van der Waals surface area contributed by atoms with Gasteiger partial charge >= 0.3 is 0 Å². The lowest BCUT2D eigenvalue weighted by molar-refractivity contribution is -0.120. The topological polar surface area (TPSA) is 88.9 Å². The third-order valence-electron chi connectivity index (χ3n) is 4.74. The molecule has 0 aliphatic rings. The number of carbonyl (C=O) groups excluding carboxylic acids is 2. The van der Waals surface area contributed by atoms with Gasteiger partial charge in [-0.25, -0.2) is 4.68 Å². The number of para-hydroxylation sites is 1. The van der Waals surface area contributed by atoms with Crippen molar-refractivity contribution in [2.45, 2.75) is 6.54 Å². The Kier molecular flexibility index (Phi) is 6.72. The van der Waals surface area contributed by atoms with Gasteiger partial charge in [0.15, 0.2) is 0 Å². The number of pyridine rings is 1. The van der Waals surface area contributed by atoms with E-state index in [0.29, 0.717) is 5.56 Å². The van der Waals surface area contributed by atoms with Crippen LogP contribution in [0.3, 0.4) is 0 Å². The summed E-state index contributed by atoms with van der Waals surface area (Å²) in [6, 6.07) is 20.5. The molecule has 2 heterocycles. The fourth-order valence-corrected chi connectivity index (χ4v) is 3.55. The van der Waals surface area contributed by atoms with Crippen LogP contribution in [0.1, 0.15) is 15.9 Å². The zero-order chi connectivity index (χ0) is 22.3. The minimum absolute atomic E-state index is 0.122. The molecule has 2 aromatic heterocycles. The number of amides is 2. The Bertz CT molecular complexity index is 1230. The van der Waals surface area contributed by atoms with E-state index in [1.807, 2.05) is 54.7 Å². The van der Waals surface area contributed by atoms with E-state index in [9.17, 15) is 9.59 Å². The standard InChI is InChI=1S/C24H20BrN5O2/c25-20-6-4-5-18(13-20)24(32)28-15-22(31)27-14-19-16-30(21-7-2-1-3-8-21)29-23(19)17-9-11-26-12-10-17/h1-13,16H,14-15H2,(H,27,31)(H,28,32). The first kappa shape index (κ1) is 21.5. The Hall–Kier alpha value is -3.78. The Balaban J connectivity index is 1.44. The molecule has 32 heavy (non-hydrogen) atoms. The molecular formula is C24H20BrN5O2. The zero-order valence-corrected chi connectivity index (χ0v) is 18.6. The van der Waals surface area contributed by atoms with Crippen LogP contribution in [0.5, 0.6) is 0 Å². The summed E-state index contributed by atoms with van der Waals surface area (Å²) < 4.78 is 2.58. The molecule has 2 aromatic carbocycles. The third-order valence-corrected chi connectivity index (χ3v) is 5.23. The molecule has 0 bridgehead atoms. The minimum Gasteiger partial charge on any atom is -0.350 e. The van der Waals surface area contributed by atoms with E-state index in [0.717, 1.165) is 27.0 Å². The summed E-state index contributed by atoms with van der Waals surface area (Å²) in [5, 5.41) is 10.2. The van der Waals surface area contributed by atoms with Gasteiger partial charge in [-0.3, -0.25) is 14.6 Å². The van der Waals surface area contributed by atoms with Gasteiger partial charge in [-0.05, 0) is 42.5 Å². The highest BCUT2D eigenvalue weighted by molar-refractivity contribution is 9.10. The van der Waals surface area contributed by atoms with E-state index in [-0.39, 0.29) is 24.9 Å². The second-order valence-electron chi connectivity index (χ2n) is 6.99. The third kappa shape index (κ3) is 5.28. The molecule has 4 aromatic rings. The number of benzene rings is 2. The minimum atomic E-state index is -0.309. The van der Waals surface area contributed by atoms with Crippen molar-refractivity contribution in [3.8, 4) is 16.9 Å². The van der Waals surface area contributed by atoms with Crippen LogP contribution in [0.4, 0.5) is 0 Å². The second kappa shape index (κ2) is 10.0. The number of rotatable bonds is 7. The Morgan fingerprint density at radius 2 is 1.72 bits per heavy atom. The van der Waals surface area contributed by atoms with Crippen molar-refractivity contribution in [1.82, 2.24) is 25.4 Å². The van der Waals surface area contributed by atoms with Gasteiger partial charge in [0, 0.05) is 46.3 Å². The number of nitrogens with one attached hydrogen (secondary N) is 2. The van der Waals surface area contributed by atoms with E-state index in [4.69, 9.17) is 5.10 Å². The van der Waals surface area contributed by atoms with Crippen molar-refractivity contribution in [2.24, 2.45) is 0 Å². The predicted octanol–water partition coefficient (Wildman–Crippen LogP) is 3.74. The molecule has 0 saturated heterocycles. The van der Waals surface area contributed by atoms with Gasteiger partial charge in [-0.1, -0.05) is 40.2 Å². The van der Waals surface area contributed by atoms with Gasteiger partial charge < -0.3 is 10.6 Å². The van der Waals surface area contributed by atoms with Gasteiger partial charge in [0.05, 0.1) is 17.9 Å². The predicted molar refractivity (Wildman–Crippen MR) is 125 cm³/mol. The van der Waals surface area contributed by atoms with Crippen LogP contribution in [-0.4, -0.2) is 33.1 Å². The smallest absolute Gasteiger partial charge is 0.251 e. The highest BCUT2D eigenvalue weighted by Gasteiger charge is 2.14. The molecular weight excluding hydrogens is 470 g/mol. The number of halogens is 1. The lowest BCUT2D eigenvalue weighted by Gasteiger charge is -2.07. The maximum absolute atomic E-state index is 12.4. The lowest BCUT2D eigenvalue weighted by Crippen LogP contribution is -2.36. The quantitative estimate of drug-likeness (QED) is 0.413. The first-order valence-corrected chi connectivity index (χ1v) is 10.7. The molecule has 0 aliphatic carbocycles. The Labute approximate surface area is 193 Å². The van der Waals surface area contributed by atoms with E-state index in [2.05, 4.69) is 31.5 Å². The Morgan fingerprint density at radius 1 is 0.938 bits per heavy atom. The van der Waals surface area contributed by atoms with Crippen molar-refractivity contribution < 1.29 is 9.59 Å². The molecule has 2 N–H and O–H groups in total. The number of nitrogens with zero attached hydrogens (tertiary/aromatic N) is 3. The average Bonchev–Trinajstić information content (AvgIpc) is 3.26. The molecule has 7 nitrogen and oxygen atoms in total. The average molecular weight is 490 g/mol. The van der Waals surface area contributed by atoms with Crippen LogP contribution in [0.15, 0.2) is 89.8 Å². The highest BCUT2D eigenvalue weighted by Crippen LogP contribution is 2.23. The second-order valence-corrected chi connectivity index (χ2v) is 7.90. The van der Waals surface area contributed by atoms with Crippen molar-refractivity contribution in [1.29, 1.82) is 0 Å². The zero-order valence-electron chi connectivity index (χ0n) is 17.0. The number of carbonyl (C=O) groups is 2. The number of aromatic nitrogens is 3. The first-order valence-electron chi connectivity index (χ1n) is 9.95. The largest absolute Gasteiger partial charge is 0.350 e. The van der Waals surface area contributed by atoms with Crippen LogP contribution in [0, 0.1) is 0 Å². The van der Waals surface area contributed by atoms with Gasteiger partial charge in [-0.15, -0.1) is 0 Å². The first-order chi connectivity index (χ1) is 15.6. The lowest BCUT2D eigenvalue weighted by atomic mass is 10.1. The summed E-state index contributed by atoms with van der Waals surface area (Å²) in [6.45, 7) is 0.152. The summed E-state index contributed by atoms with van der Waals surface area (Å²) in [4.78, 5) is 28.7. The fraction of sp³-hybridized carbons (Fsp3) is 0.0833. The molecule has 0 aliphatic heterocycles. The maximum atomic E-state index is 12.4. The van der Waals surface area contributed by atoms with Gasteiger partial charge in [0.2, 0.25) is 5.91 Å². The van der Waals surface area contributed by atoms with Crippen LogP contribution >= 0.6 is 15.9 Å². The summed E-state index contributed by atoms with van der Waals surface area (Å²) in [5.41, 5.74) is 3.92. The summed E-state index contributed by atoms with van der Waals surface area (Å²) in [7, 11) is 0. The number of hydrogen-bond donors (Lipinski definition) is 2. The highest BCUT2D eigenvalue weighted by atomic mass is 79.9. The van der Waals surface area contributed by atoms with E-state index in [1.165, 1.54) is 0 Å². The molecule has 8 heteroatoms. The summed E-state index contributed by atoms with van der Waals surface area (Å²) in [5.74, 6) is -0.600. The molecule has 4 rings (SSSR count). The molecule has 0 radical (unpaired) electrons.